The number of hydrogen-bond donors (Lipinski definition) is 2. The number of anilines is 1. The Kier molecular flexibility index (Phi) is 4.98. The lowest BCUT2D eigenvalue weighted by atomic mass is 10.1. The van der Waals surface area contributed by atoms with Crippen LogP contribution in [0, 0.1) is 13.8 Å². The number of aromatic nitrogens is 6. The number of nitrogens with zero attached hydrogens (tertiary/aromatic N) is 6. The van der Waals surface area contributed by atoms with E-state index in [1.165, 1.54) is 6.20 Å². The number of nitrogens with one attached hydrogen (secondary N) is 1. The number of rotatable bonds is 5. The number of carbonyl (C=O) groups excluding carboxylic acids is 1. The zero-order valence-corrected chi connectivity index (χ0v) is 18.3. The molecule has 4 heterocycles. The molecule has 4 aromatic heterocycles. The molecule has 0 unspecified atom stereocenters. The summed E-state index contributed by atoms with van der Waals surface area (Å²) in [6.07, 6.45) is 3.34. The van der Waals surface area contributed by atoms with Crippen LogP contribution in [0.3, 0.4) is 0 Å². The number of aliphatic hydroxyl groups is 1. The lowest BCUT2D eigenvalue weighted by Gasteiger charge is -2.09. The van der Waals surface area contributed by atoms with E-state index in [0.29, 0.717) is 39.9 Å². The van der Waals surface area contributed by atoms with Gasteiger partial charge in [0.15, 0.2) is 0 Å². The van der Waals surface area contributed by atoms with Crippen molar-refractivity contribution in [1.29, 1.82) is 0 Å². The third-order valence-electron chi connectivity index (χ3n) is 5.47. The van der Waals surface area contributed by atoms with E-state index < -0.39 is 0 Å². The molecule has 0 aliphatic heterocycles. The fourth-order valence-electron chi connectivity index (χ4n) is 3.61. The standard InChI is InChI=1S/C23H21N7O3/c1-13-4-5-15(22-25-14(2)33-28-22)8-19(13)26-23(32)18-10-24-30-11-16(6-7-21(18)30)20-9-17(12-31)29(3)27-20/h4-11,31H,12H2,1-3H3,(H,26,32). The van der Waals surface area contributed by atoms with Crippen LogP contribution in [0.5, 0.6) is 0 Å². The van der Waals surface area contributed by atoms with E-state index in [2.05, 4.69) is 25.7 Å². The minimum atomic E-state index is -0.275. The van der Waals surface area contributed by atoms with Gasteiger partial charge in [-0.15, -0.1) is 0 Å². The molecule has 10 nitrogen and oxygen atoms in total. The summed E-state index contributed by atoms with van der Waals surface area (Å²) in [5, 5.41) is 25.1. The first-order valence-corrected chi connectivity index (χ1v) is 10.3. The van der Waals surface area contributed by atoms with E-state index in [1.807, 2.05) is 43.3 Å². The molecule has 5 aromatic rings. The summed E-state index contributed by atoms with van der Waals surface area (Å²) in [7, 11) is 1.78. The average molecular weight is 443 g/mol. The molecule has 0 saturated carbocycles. The molecule has 1 aromatic carbocycles. The molecular weight excluding hydrogens is 422 g/mol. The fraction of sp³-hybridized carbons (Fsp3) is 0.174. The second-order valence-electron chi connectivity index (χ2n) is 7.73. The smallest absolute Gasteiger partial charge is 0.259 e. The number of aryl methyl sites for hydroxylation is 3. The maximum atomic E-state index is 13.1. The van der Waals surface area contributed by atoms with Crippen molar-refractivity contribution in [2.75, 3.05) is 5.32 Å². The SMILES string of the molecule is Cc1nc(-c2ccc(C)c(NC(=O)c3cnn4cc(-c5cc(CO)n(C)n5)ccc34)c2)no1. The van der Waals surface area contributed by atoms with Gasteiger partial charge in [-0.25, -0.2) is 4.52 Å². The zero-order valence-electron chi connectivity index (χ0n) is 18.3. The molecule has 0 aliphatic carbocycles. The molecule has 0 fully saturated rings. The second-order valence-corrected chi connectivity index (χ2v) is 7.73. The Balaban J connectivity index is 1.43. The van der Waals surface area contributed by atoms with Gasteiger partial charge in [0.05, 0.1) is 35.3 Å². The maximum Gasteiger partial charge on any atom is 0.259 e. The Hall–Kier alpha value is -4.31. The fourth-order valence-corrected chi connectivity index (χ4v) is 3.61. The van der Waals surface area contributed by atoms with E-state index >= 15 is 0 Å². The molecule has 0 saturated heterocycles. The largest absolute Gasteiger partial charge is 0.390 e. The Morgan fingerprint density at radius 1 is 1.15 bits per heavy atom. The normalized spacial score (nSPS) is 11.3. The van der Waals surface area contributed by atoms with Crippen molar-refractivity contribution in [2.24, 2.45) is 7.05 Å². The summed E-state index contributed by atoms with van der Waals surface area (Å²) >= 11 is 0. The van der Waals surface area contributed by atoms with E-state index in [9.17, 15) is 9.90 Å². The van der Waals surface area contributed by atoms with Crippen LogP contribution in [-0.4, -0.2) is 40.5 Å². The molecule has 33 heavy (non-hydrogen) atoms. The Bertz CT molecular complexity index is 1500. The lowest BCUT2D eigenvalue weighted by molar-refractivity contribution is 0.102. The van der Waals surface area contributed by atoms with Crippen LogP contribution in [-0.2, 0) is 13.7 Å². The minimum Gasteiger partial charge on any atom is -0.390 e. The molecule has 10 heteroatoms. The second kappa shape index (κ2) is 7.99. The van der Waals surface area contributed by atoms with Crippen molar-refractivity contribution in [1.82, 2.24) is 29.5 Å². The highest BCUT2D eigenvalue weighted by atomic mass is 16.5. The van der Waals surface area contributed by atoms with Gasteiger partial charge in [0.1, 0.15) is 0 Å². The van der Waals surface area contributed by atoms with E-state index in [0.717, 1.165) is 16.7 Å². The average Bonchev–Trinajstić information content (AvgIpc) is 3.52. The van der Waals surface area contributed by atoms with Crippen LogP contribution in [0.4, 0.5) is 5.69 Å². The van der Waals surface area contributed by atoms with Crippen LogP contribution in [0.1, 0.15) is 27.5 Å². The molecule has 2 N–H and O–H groups in total. The highest BCUT2D eigenvalue weighted by molar-refractivity contribution is 6.09. The molecular formula is C23H21N7O3. The van der Waals surface area contributed by atoms with Crippen molar-refractivity contribution >= 4 is 17.1 Å². The van der Waals surface area contributed by atoms with E-state index in [-0.39, 0.29) is 12.5 Å². The van der Waals surface area contributed by atoms with Crippen molar-refractivity contribution in [2.45, 2.75) is 20.5 Å². The van der Waals surface area contributed by atoms with Gasteiger partial charge in [0.25, 0.3) is 5.91 Å². The number of hydrogen-bond acceptors (Lipinski definition) is 7. The first-order valence-electron chi connectivity index (χ1n) is 10.3. The molecule has 0 atom stereocenters. The topological polar surface area (TPSA) is 123 Å². The first kappa shape index (κ1) is 20.6. The lowest BCUT2D eigenvalue weighted by Crippen LogP contribution is -2.12. The summed E-state index contributed by atoms with van der Waals surface area (Å²) in [6.45, 7) is 3.55. The molecule has 0 spiro atoms. The Labute approximate surface area is 188 Å². The van der Waals surface area contributed by atoms with Crippen LogP contribution in [0.15, 0.2) is 53.3 Å². The molecule has 0 aliphatic rings. The predicted molar refractivity (Wildman–Crippen MR) is 120 cm³/mol. The van der Waals surface area contributed by atoms with Crippen LogP contribution in [0.25, 0.3) is 28.2 Å². The Morgan fingerprint density at radius 2 is 1.97 bits per heavy atom. The van der Waals surface area contributed by atoms with Crippen LogP contribution >= 0.6 is 0 Å². The van der Waals surface area contributed by atoms with Gasteiger partial charge in [-0.3, -0.25) is 9.48 Å². The van der Waals surface area contributed by atoms with E-state index in [1.54, 1.807) is 29.4 Å². The zero-order chi connectivity index (χ0) is 23.1. The number of carbonyl (C=O) groups is 1. The third-order valence-corrected chi connectivity index (χ3v) is 5.47. The number of benzene rings is 1. The van der Waals surface area contributed by atoms with Crippen molar-refractivity contribution in [3.8, 4) is 22.6 Å². The molecule has 0 radical (unpaired) electrons. The number of aliphatic hydroxyl groups excluding tert-OH is 1. The van der Waals surface area contributed by atoms with Crippen molar-refractivity contribution < 1.29 is 14.4 Å². The maximum absolute atomic E-state index is 13.1. The summed E-state index contributed by atoms with van der Waals surface area (Å²) in [6, 6.07) is 11.1. The van der Waals surface area contributed by atoms with Gasteiger partial charge < -0.3 is 14.9 Å². The molecule has 166 valence electrons. The van der Waals surface area contributed by atoms with Gasteiger partial charge in [0.2, 0.25) is 11.7 Å². The quantitative estimate of drug-likeness (QED) is 0.428. The first-order chi connectivity index (χ1) is 15.9. The number of pyridine rings is 1. The van der Waals surface area contributed by atoms with Crippen LogP contribution in [0.2, 0.25) is 0 Å². The summed E-state index contributed by atoms with van der Waals surface area (Å²) in [5.74, 6) is 0.660. The monoisotopic (exact) mass is 443 g/mol. The highest BCUT2D eigenvalue weighted by Gasteiger charge is 2.16. The molecule has 5 rings (SSSR count). The highest BCUT2D eigenvalue weighted by Crippen LogP contribution is 2.25. The van der Waals surface area contributed by atoms with Gasteiger partial charge in [-0.2, -0.15) is 15.2 Å². The summed E-state index contributed by atoms with van der Waals surface area (Å²) < 4.78 is 8.33. The van der Waals surface area contributed by atoms with E-state index in [4.69, 9.17) is 4.52 Å². The van der Waals surface area contributed by atoms with Crippen molar-refractivity contribution in [3.63, 3.8) is 0 Å². The van der Waals surface area contributed by atoms with Crippen LogP contribution < -0.4 is 5.32 Å². The van der Waals surface area contributed by atoms with Gasteiger partial charge in [-0.05, 0) is 36.8 Å². The summed E-state index contributed by atoms with van der Waals surface area (Å²) in [4.78, 5) is 17.3. The van der Waals surface area contributed by atoms with Gasteiger partial charge in [-0.1, -0.05) is 17.3 Å². The number of amides is 1. The molecule has 0 bridgehead atoms. The number of fused-ring (bicyclic) bond motifs is 1. The molecule has 1 amide bonds. The minimum absolute atomic E-state index is 0.0925. The Morgan fingerprint density at radius 3 is 2.70 bits per heavy atom. The van der Waals surface area contributed by atoms with Gasteiger partial charge >= 0.3 is 0 Å². The van der Waals surface area contributed by atoms with Crippen molar-refractivity contribution in [3.05, 3.63) is 71.5 Å². The van der Waals surface area contributed by atoms with Gasteiger partial charge in [0, 0.05) is 37.0 Å². The third kappa shape index (κ3) is 3.76. The predicted octanol–water partition coefficient (Wildman–Crippen LogP) is 3.15. The summed E-state index contributed by atoms with van der Waals surface area (Å²) in [5.41, 5.74) is 5.66.